The van der Waals surface area contributed by atoms with Gasteiger partial charge in [0.2, 0.25) is 0 Å². The monoisotopic (exact) mass is 251 g/mol. The predicted molar refractivity (Wildman–Crippen MR) is 72.0 cm³/mol. The molecule has 0 fully saturated rings. The number of carbonyl (C=O) groups excluding carboxylic acids is 1. The van der Waals surface area contributed by atoms with Crippen molar-refractivity contribution in [1.82, 2.24) is 0 Å². The summed E-state index contributed by atoms with van der Waals surface area (Å²) in [6.07, 6.45) is 3.87. The number of carbonyl (C=O) groups is 1. The minimum absolute atomic E-state index is 0.216. The standard InChI is InChI=1S/C14H21NO3/c1-3-4-5-6-9-18-14(17)15-12-7-8-13(16)11(2)10-12/h7-8,10,16H,3-6,9H2,1-2H3,(H,15,17). The summed E-state index contributed by atoms with van der Waals surface area (Å²) in [5.41, 5.74) is 1.35. The molecule has 1 aromatic carbocycles. The molecule has 1 amide bonds. The van der Waals surface area contributed by atoms with Crippen molar-refractivity contribution in [3.8, 4) is 5.75 Å². The third-order valence-corrected chi connectivity index (χ3v) is 2.67. The summed E-state index contributed by atoms with van der Waals surface area (Å²) in [5.74, 6) is 0.216. The summed E-state index contributed by atoms with van der Waals surface area (Å²) >= 11 is 0. The summed E-state index contributed by atoms with van der Waals surface area (Å²) < 4.78 is 5.05. The molecule has 0 unspecified atom stereocenters. The highest BCUT2D eigenvalue weighted by Crippen LogP contribution is 2.20. The molecule has 1 aromatic rings. The van der Waals surface area contributed by atoms with Gasteiger partial charge in [-0.15, -0.1) is 0 Å². The fourth-order valence-electron chi connectivity index (χ4n) is 1.58. The van der Waals surface area contributed by atoms with Crippen LogP contribution in [0, 0.1) is 6.92 Å². The lowest BCUT2D eigenvalue weighted by atomic mass is 10.2. The van der Waals surface area contributed by atoms with E-state index in [0.29, 0.717) is 12.3 Å². The van der Waals surface area contributed by atoms with Crippen LogP contribution in [-0.2, 0) is 4.74 Å². The fourth-order valence-corrected chi connectivity index (χ4v) is 1.58. The number of unbranched alkanes of at least 4 members (excludes halogenated alkanes) is 3. The van der Waals surface area contributed by atoms with Gasteiger partial charge in [0.05, 0.1) is 6.61 Å². The molecule has 100 valence electrons. The molecule has 0 aliphatic heterocycles. The zero-order valence-corrected chi connectivity index (χ0v) is 11.0. The van der Waals surface area contributed by atoms with Crippen molar-refractivity contribution in [1.29, 1.82) is 0 Å². The summed E-state index contributed by atoms with van der Waals surface area (Å²) in [5, 5.41) is 12.0. The van der Waals surface area contributed by atoms with Crippen molar-refractivity contribution < 1.29 is 14.6 Å². The zero-order valence-electron chi connectivity index (χ0n) is 11.0. The summed E-state index contributed by atoms with van der Waals surface area (Å²) in [6, 6.07) is 4.89. The van der Waals surface area contributed by atoms with Crippen LogP contribution in [0.4, 0.5) is 10.5 Å². The molecule has 0 saturated heterocycles. The number of rotatable bonds is 6. The highest BCUT2D eigenvalue weighted by molar-refractivity contribution is 5.84. The lowest BCUT2D eigenvalue weighted by Crippen LogP contribution is -2.14. The van der Waals surface area contributed by atoms with Crippen LogP contribution in [0.1, 0.15) is 38.2 Å². The molecule has 0 aromatic heterocycles. The van der Waals surface area contributed by atoms with Gasteiger partial charge in [0.15, 0.2) is 0 Å². The van der Waals surface area contributed by atoms with E-state index < -0.39 is 6.09 Å². The molecule has 0 spiro atoms. The third kappa shape index (κ3) is 5.08. The Morgan fingerprint density at radius 3 is 2.78 bits per heavy atom. The number of aromatic hydroxyl groups is 1. The first-order chi connectivity index (χ1) is 8.63. The molecular weight excluding hydrogens is 230 g/mol. The number of aryl methyl sites for hydroxylation is 1. The van der Waals surface area contributed by atoms with Crippen LogP contribution in [0.5, 0.6) is 5.75 Å². The Labute approximate surface area is 108 Å². The molecule has 18 heavy (non-hydrogen) atoms. The van der Waals surface area contributed by atoms with Crippen molar-refractivity contribution in [3.05, 3.63) is 23.8 Å². The van der Waals surface area contributed by atoms with Gasteiger partial charge in [0, 0.05) is 5.69 Å². The number of amides is 1. The number of anilines is 1. The van der Waals surface area contributed by atoms with E-state index >= 15 is 0 Å². The lowest BCUT2D eigenvalue weighted by molar-refractivity contribution is 0.159. The minimum Gasteiger partial charge on any atom is -0.508 e. The molecule has 0 heterocycles. The largest absolute Gasteiger partial charge is 0.508 e. The summed E-state index contributed by atoms with van der Waals surface area (Å²) in [4.78, 5) is 11.4. The number of hydrogen-bond donors (Lipinski definition) is 2. The van der Waals surface area contributed by atoms with Crippen LogP contribution in [-0.4, -0.2) is 17.8 Å². The van der Waals surface area contributed by atoms with Crippen molar-refractivity contribution in [2.45, 2.75) is 39.5 Å². The first-order valence-electron chi connectivity index (χ1n) is 6.37. The first-order valence-corrected chi connectivity index (χ1v) is 6.37. The topological polar surface area (TPSA) is 58.6 Å². The van der Waals surface area contributed by atoms with Crippen molar-refractivity contribution in [3.63, 3.8) is 0 Å². The number of nitrogens with one attached hydrogen (secondary N) is 1. The average Bonchev–Trinajstić information content (AvgIpc) is 2.34. The second-order valence-corrected chi connectivity index (χ2v) is 4.32. The smallest absolute Gasteiger partial charge is 0.411 e. The van der Waals surface area contributed by atoms with Gasteiger partial charge in [-0.1, -0.05) is 26.2 Å². The van der Waals surface area contributed by atoms with Crippen LogP contribution >= 0.6 is 0 Å². The van der Waals surface area contributed by atoms with Gasteiger partial charge in [0.1, 0.15) is 5.75 Å². The molecule has 4 heteroatoms. The van der Waals surface area contributed by atoms with Crippen molar-refractivity contribution >= 4 is 11.8 Å². The van der Waals surface area contributed by atoms with E-state index in [4.69, 9.17) is 4.74 Å². The summed E-state index contributed by atoms with van der Waals surface area (Å²) in [7, 11) is 0. The normalized spacial score (nSPS) is 10.1. The van der Waals surface area contributed by atoms with Gasteiger partial charge in [-0.25, -0.2) is 4.79 Å². The molecule has 0 bridgehead atoms. The predicted octanol–water partition coefficient (Wildman–Crippen LogP) is 3.83. The highest BCUT2D eigenvalue weighted by Gasteiger charge is 2.04. The van der Waals surface area contributed by atoms with Crippen molar-refractivity contribution in [2.75, 3.05) is 11.9 Å². The molecular formula is C14H21NO3. The van der Waals surface area contributed by atoms with E-state index in [9.17, 15) is 9.90 Å². The number of benzene rings is 1. The lowest BCUT2D eigenvalue weighted by Gasteiger charge is -2.08. The van der Waals surface area contributed by atoms with E-state index in [-0.39, 0.29) is 5.75 Å². The molecule has 0 atom stereocenters. The maximum absolute atomic E-state index is 11.4. The highest BCUT2D eigenvalue weighted by atomic mass is 16.5. The number of phenols is 1. The van der Waals surface area contributed by atoms with Crippen LogP contribution in [0.2, 0.25) is 0 Å². The van der Waals surface area contributed by atoms with Crippen LogP contribution in [0.3, 0.4) is 0 Å². The third-order valence-electron chi connectivity index (χ3n) is 2.67. The Balaban J connectivity index is 2.29. The van der Waals surface area contributed by atoms with E-state index in [1.54, 1.807) is 25.1 Å². The Bertz CT molecular complexity index is 391. The maximum Gasteiger partial charge on any atom is 0.411 e. The van der Waals surface area contributed by atoms with Gasteiger partial charge < -0.3 is 9.84 Å². The average molecular weight is 251 g/mol. The van der Waals surface area contributed by atoms with Crippen LogP contribution < -0.4 is 5.32 Å². The van der Waals surface area contributed by atoms with Crippen LogP contribution in [0.25, 0.3) is 0 Å². The van der Waals surface area contributed by atoms with Gasteiger partial charge in [-0.05, 0) is 37.1 Å². The summed E-state index contributed by atoms with van der Waals surface area (Å²) in [6.45, 7) is 4.36. The Morgan fingerprint density at radius 2 is 2.11 bits per heavy atom. The molecule has 0 radical (unpaired) electrons. The molecule has 4 nitrogen and oxygen atoms in total. The Kier molecular flexibility index (Phi) is 6.05. The second-order valence-electron chi connectivity index (χ2n) is 4.32. The van der Waals surface area contributed by atoms with Gasteiger partial charge in [0.25, 0.3) is 0 Å². The minimum atomic E-state index is -0.448. The zero-order chi connectivity index (χ0) is 13.4. The molecule has 0 aliphatic rings. The van der Waals surface area contributed by atoms with E-state index in [0.717, 1.165) is 18.4 Å². The van der Waals surface area contributed by atoms with Gasteiger partial charge >= 0.3 is 6.09 Å². The van der Waals surface area contributed by atoms with Gasteiger partial charge in [-0.3, -0.25) is 5.32 Å². The molecule has 0 saturated carbocycles. The Hall–Kier alpha value is -1.71. The molecule has 2 N–H and O–H groups in total. The van der Waals surface area contributed by atoms with Gasteiger partial charge in [-0.2, -0.15) is 0 Å². The second kappa shape index (κ2) is 7.58. The number of phenolic OH excluding ortho intramolecular Hbond substituents is 1. The molecule has 1 rings (SSSR count). The van der Waals surface area contributed by atoms with E-state index in [2.05, 4.69) is 12.2 Å². The van der Waals surface area contributed by atoms with Crippen LogP contribution in [0.15, 0.2) is 18.2 Å². The maximum atomic E-state index is 11.4. The van der Waals surface area contributed by atoms with Crippen molar-refractivity contribution in [2.24, 2.45) is 0 Å². The fraction of sp³-hybridized carbons (Fsp3) is 0.500. The first kappa shape index (κ1) is 14.4. The molecule has 0 aliphatic carbocycles. The SMILES string of the molecule is CCCCCCOC(=O)Nc1ccc(O)c(C)c1. The van der Waals surface area contributed by atoms with E-state index in [1.807, 2.05) is 0 Å². The van der Waals surface area contributed by atoms with E-state index in [1.165, 1.54) is 12.8 Å². The number of hydrogen-bond acceptors (Lipinski definition) is 3. The number of ether oxygens (including phenoxy) is 1. The Morgan fingerprint density at radius 1 is 1.33 bits per heavy atom. The quantitative estimate of drug-likeness (QED) is 0.596.